The zero-order valence-electron chi connectivity index (χ0n) is 16.9. The van der Waals surface area contributed by atoms with Gasteiger partial charge in [-0.15, -0.1) is 0 Å². The number of rotatable bonds is 6. The molecule has 3 rings (SSSR count). The molecule has 0 unspecified atom stereocenters. The van der Waals surface area contributed by atoms with Gasteiger partial charge in [-0.2, -0.15) is 0 Å². The molecular weight excluding hydrogens is 348 g/mol. The summed E-state index contributed by atoms with van der Waals surface area (Å²) in [5.41, 5.74) is 3.17. The van der Waals surface area contributed by atoms with Crippen LogP contribution in [0.3, 0.4) is 0 Å². The zero-order chi connectivity index (χ0) is 19.9. The van der Waals surface area contributed by atoms with Gasteiger partial charge in [-0.25, -0.2) is 0 Å². The molecule has 2 aromatic carbocycles. The summed E-state index contributed by atoms with van der Waals surface area (Å²) < 4.78 is 0. The summed E-state index contributed by atoms with van der Waals surface area (Å²) in [6.07, 6.45) is 3.13. The molecule has 0 heterocycles. The summed E-state index contributed by atoms with van der Waals surface area (Å²) in [7, 11) is 0. The molecule has 2 amide bonds. The fourth-order valence-electron chi connectivity index (χ4n) is 3.89. The van der Waals surface area contributed by atoms with Gasteiger partial charge in [0.15, 0.2) is 0 Å². The van der Waals surface area contributed by atoms with Crippen LogP contribution in [0.2, 0.25) is 0 Å². The average Bonchev–Trinajstić information content (AvgIpc) is 2.74. The number of benzene rings is 2. The highest BCUT2D eigenvalue weighted by atomic mass is 16.2. The molecule has 1 aliphatic carbocycles. The Bertz CT molecular complexity index is 778. The lowest BCUT2D eigenvalue weighted by Crippen LogP contribution is -2.38. The van der Waals surface area contributed by atoms with Gasteiger partial charge in [0.25, 0.3) is 0 Å². The number of nitrogens with zero attached hydrogens (tertiary/aromatic N) is 1. The van der Waals surface area contributed by atoms with Crippen molar-refractivity contribution in [3.05, 3.63) is 65.7 Å². The minimum Gasteiger partial charge on any atom is -0.338 e. The van der Waals surface area contributed by atoms with Crippen LogP contribution in [-0.4, -0.2) is 23.3 Å². The molecule has 148 valence electrons. The molecule has 0 bridgehead atoms. The van der Waals surface area contributed by atoms with Crippen molar-refractivity contribution in [2.75, 3.05) is 11.9 Å². The van der Waals surface area contributed by atoms with Crippen molar-refractivity contribution in [2.24, 2.45) is 11.8 Å². The number of carbonyl (C=O) groups excluding carboxylic acids is 2. The van der Waals surface area contributed by atoms with Gasteiger partial charge in [-0.1, -0.05) is 48.0 Å². The first-order chi connectivity index (χ1) is 13.6. The van der Waals surface area contributed by atoms with Gasteiger partial charge >= 0.3 is 0 Å². The van der Waals surface area contributed by atoms with E-state index in [4.69, 9.17) is 0 Å². The van der Waals surface area contributed by atoms with E-state index in [2.05, 4.69) is 17.4 Å². The standard InChI is InChI=1S/C24H30N2O2/c1-3-26(17-19-7-5-4-6-8-19)24(28)21-13-11-20(12-14-21)23(27)25-22-15-9-18(2)10-16-22/h4-10,15-16,20-21H,3,11-14,17H2,1-2H3,(H,25,27). The molecule has 0 atom stereocenters. The summed E-state index contributed by atoms with van der Waals surface area (Å²) in [5.74, 6) is 0.330. The lowest BCUT2D eigenvalue weighted by atomic mass is 9.80. The number of amides is 2. The minimum absolute atomic E-state index is 0.00504. The molecule has 4 nitrogen and oxygen atoms in total. The Morgan fingerprint density at radius 2 is 1.54 bits per heavy atom. The molecular formula is C24H30N2O2. The van der Waals surface area contributed by atoms with Crippen LogP contribution < -0.4 is 5.32 Å². The third kappa shape index (κ3) is 5.22. The monoisotopic (exact) mass is 378 g/mol. The molecule has 4 heteroatoms. The number of hydrogen-bond donors (Lipinski definition) is 1. The van der Waals surface area contributed by atoms with Gasteiger partial charge in [0, 0.05) is 30.6 Å². The second-order valence-corrected chi connectivity index (χ2v) is 7.74. The van der Waals surface area contributed by atoms with E-state index < -0.39 is 0 Å². The van der Waals surface area contributed by atoms with Crippen LogP contribution in [-0.2, 0) is 16.1 Å². The first-order valence-corrected chi connectivity index (χ1v) is 10.3. The van der Waals surface area contributed by atoms with Crippen LogP contribution in [0.5, 0.6) is 0 Å². The quantitative estimate of drug-likeness (QED) is 0.786. The maximum Gasteiger partial charge on any atom is 0.227 e. The molecule has 0 radical (unpaired) electrons. The van der Waals surface area contributed by atoms with Crippen molar-refractivity contribution in [3.63, 3.8) is 0 Å². The zero-order valence-corrected chi connectivity index (χ0v) is 16.9. The van der Waals surface area contributed by atoms with Crippen molar-refractivity contribution in [2.45, 2.75) is 46.1 Å². The lowest BCUT2D eigenvalue weighted by molar-refractivity contribution is -0.138. The summed E-state index contributed by atoms with van der Waals surface area (Å²) >= 11 is 0. The van der Waals surface area contributed by atoms with Gasteiger partial charge in [0.05, 0.1) is 0 Å². The van der Waals surface area contributed by atoms with Crippen LogP contribution in [0.4, 0.5) is 5.69 Å². The van der Waals surface area contributed by atoms with Crippen LogP contribution in [0.15, 0.2) is 54.6 Å². The molecule has 1 N–H and O–H groups in total. The van der Waals surface area contributed by atoms with Crippen LogP contribution >= 0.6 is 0 Å². The van der Waals surface area contributed by atoms with E-state index in [1.54, 1.807) is 0 Å². The maximum absolute atomic E-state index is 13.0. The summed E-state index contributed by atoms with van der Waals surface area (Å²) in [6, 6.07) is 18.0. The van der Waals surface area contributed by atoms with E-state index in [0.717, 1.165) is 36.9 Å². The summed E-state index contributed by atoms with van der Waals surface area (Å²) in [5, 5.41) is 3.02. The molecule has 0 saturated heterocycles. The molecule has 2 aromatic rings. The van der Waals surface area contributed by atoms with E-state index >= 15 is 0 Å². The summed E-state index contributed by atoms with van der Waals surface area (Å²) in [4.78, 5) is 27.4. The molecule has 1 fully saturated rings. The highest BCUT2D eigenvalue weighted by Gasteiger charge is 2.31. The van der Waals surface area contributed by atoms with Gasteiger partial charge in [-0.05, 0) is 57.2 Å². The van der Waals surface area contributed by atoms with Crippen molar-refractivity contribution >= 4 is 17.5 Å². The van der Waals surface area contributed by atoms with Gasteiger partial charge in [0.1, 0.15) is 0 Å². The summed E-state index contributed by atoms with van der Waals surface area (Å²) in [6.45, 7) is 5.42. The average molecular weight is 379 g/mol. The first-order valence-electron chi connectivity index (χ1n) is 10.3. The molecule has 0 aliphatic heterocycles. The number of aryl methyl sites for hydroxylation is 1. The minimum atomic E-state index is -0.00504. The Hall–Kier alpha value is -2.62. The topological polar surface area (TPSA) is 49.4 Å². The lowest BCUT2D eigenvalue weighted by Gasteiger charge is -2.31. The fourth-order valence-corrected chi connectivity index (χ4v) is 3.89. The SMILES string of the molecule is CCN(Cc1ccccc1)C(=O)C1CCC(C(=O)Nc2ccc(C)cc2)CC1. The van der Waals surface area contributed by atoms with Crippen molar-refractivity contribution < 1.29 is 9.59 Å². The van der Waals surface area contributed by atoms with Crippen LogP contribution in [0.25, 0.3) is 0 Å². The van der Waals surface area contributed by atoms with Crippen molar-refractivity contribution in [3.8, 4) is 0 Å². The molecule has 0 aromatic heterocycles. The van der Waals surface area contributed by atoms with E-state index in [0.29, 0.717) is 13.1 Å². The van der Waals surface area contributed by atoms with E-state index in [-0.39, 0.29) is 23.7 Å². The third-order valence-corrected chi connectivity index (χ3v) is 5.68. The molecule has 1 aliphatic rings. The normalized spacial score (nSPS) is 19.1. The van der Waals surface area contributed by atoms with E-state index in [1.807, 2.05) is 61.2 Å². The first kappa shape index (κ1) is 20.1. The Morgan fingerprint density at radius 1 is 0.929 bits per heavy atom. The van der Waals surface area contributed by atoms with Crippen LogP contribution in [0.1, 0.15) is 43.7 Å². The van der Waals surface area contributed by atoms with Crippen LogP contribution in [0, 0.1) is 18.8 Å². The second-order valence-electron chi connectivity index (χ2n) is 7.74. The van der Waals surface area contributed by atoms with Crippen molar-refractivity contribution in [1.29, 1.82) is 0 Å². The fraction of sp³-hybridized carbons (Fsp3) is 0.417. The predicted molar refractivity (Wildman–Crippen MR) is 113 cm³/mol. The third-order valence-electron chi connectivity index (χ3n) is 5.68. The van der Waals surface area contributed by atoms with E-state index in [1.165, 1.54) is 5.56 Å². The number of anilines is 1. The predicted octanol–water partition coefficient (Wildman–Crippen LogP) is 4.79. The Kier molecular flexibility index (Phi) is 6.85. The Balaban J connectivity index is 1.51. The molecule has 0 spiro atoms. The largest absolute Gasteiger partial charge is 0.338 e. The molecule has 1 saturated carbocycles. The smallest absolute Gasteiger partial charge is 0.227 e. The van der Waals surface area contributed by atoms with Gasteiger partial charge in [0.2, 0.25) is 11.8 Å². The maximum atomic E-state index is 13.0. The van der Waals surface area contributed by atoms with Gasteiger partial charge < -0.3 is 10.2 Å². The van der Waals surface area contributed by atoms with E-state index in [9.17, 15) is 9.59 Å². The number of hydrogen-bond acceptors (Lipinski definition) is 2. The Morgan fingerprint density at radius 3 is 2.14 bits per heavy atom. The second kappa shape index (κ2) is 9.54. The number of nitrogens with one attached hydrogen (secondary N) is 1. The highest BCUT2D eigenvalue weighted by Crippen LogP contribution is 2.31. The Labute approximate surface area is 167 Å². The highest BCUT2D eigenvalue weighted by molar-refractivity contribution is 5.92. The molecule has 28 heavy (non-hydrogen) atoms. The van der Waals surface area contributed by atoms with Crippen molar-refractivity contribution in [1.82, 2.24) is 4.90 Å². The van der Waals surface area contributed by atoms with Gasteiger partial charge in [-0.3, -0.25) is 9.59 Å². The number of carbonyl (C=O) groups is 2.